The van der Waals surface area contributed by atoms with Crippen molar-refractivity contribution in [1.82, 2.24) is 0 Å². The van der Waals surface area contributed by atoms with E-state index in [4.69, 9.17) is 10.5 Å². The van der Waals surface area contributed by atoms with Gasteiger partial charge >= 0.3 is 0 Å². The lowest BCUT2D eigenvalue weighted by Crippen LogP contribution is -2.37. The van der Waals surface area contributed by atoms with Crippen molar-refractivity contribution in [3.05, 3.63) is 29.8 Å². The first-order valence-electron chi connectivity index (χ1n) is 7.31. The summed E-state index contributed by atoms with van der Waals surface area (Å²) >= 11 is 0. The lowest BCUT2D eigenvalue weighted by Gasteiger charge is -2.23. The summed E-state index contributed by atoms with van der Waals surface area (Å²) in [6, 6.07) is 8.70. The van der Waals surface area contributed by atoms with E-state index in [2.05, 4.69) is 31.2 Å². The second-order valence-electron chi connectivity index (χ2n) is 5.35. The number of rotatable bonds is 4. The van der Waals surface area contributed by atoms with Crippen molar-refractivity contribution in [2.45, 2.75) is 64.0 Å². The van der Waals surface area contributed by atoms with Crippen LogP contribution in [0.15, 0.2) is 24.3 Å². The Morgan fingerprint density at radius 3 is 2.56 bits per heavy atom. The summed E-state index contributed by atoms with van der Waals surface area (Å²) in [7, 11) is 0. The quantitative estimate of drug-likeness (QED) is 0.824. The van der Waals surface area contributed by atoms with Crippen LogP contribution in [0.25, 0.3) is 0 Å². The lowest BCUT2D eigenvalue weighted by atomic mass is 10.1. The molecule has 1 aliphatic rings. The smallest absolute Gasteiger partial charge is 0.119 e. The van der Waals surface area contributed by atoms with Crippen LogP contribution < -0.4 is 10.5 Å². The third-order valence-corrected chi connectivity index (χ3v) is 3.75. The third kappa shape index (κ3) is 3.74. The van der Waals surface area contributed by atoms with E-state index in [0.29, 0.717) is 0 Å². The van der Waals surface area contributed by atoms with Crippen molar-refractivity contribution < 1.29 is 4.74 Å². The van der Waals surface area contributed by atoms with E-state index < -0.39 is 0 Å². The molecule has 1 fully saturated rings. The Balaban J connectivity index is 1.94. The summed E-state index contributed by atoms with van der Waals surface area (Å²) in [5.74, 6) is 0.970. The second kappa shape index (κ2) is 6.79. The standard InChI is InChI=1S/C16H25NO/c1-2-6-13-9-11-14(12-10-13)18-16-8-5-3-4-7-15(16)17/h9-12,15-16H,2-8,17H2,1H3. The van der Waals surface area contributed by atoms with E-state index in [9.17, 15) is 0 Å². The highest BCUT2D eigenvalue weighted by Crippen LogP contribution is 2.22. The minimum atomic E-state index is 0.197. The van der Waals surface area contributed by atoms with E-state index >= 15 is 0 Å². The van der Waals surface area contributed by atoms with Crippen LogP contribution in [0, 0.1) is 0 Å². The Morgan fingerprint density at radius 2 is 1.83 bits per heavy atom. The zero-order chi connectivity index (χ0) is 12.8. The van der Waals surface area contributed by atoms with Crippen LogP contribution in [0.3, 0.4) is 0 Å². The van der Waals surface area contributed by atoms with Crippen LogP contribution in [0.5, 0.6) is 5.75 Å². The van der Waals surface area contributed by atoms with Gasteiger partial charge in [0.15, 0.2) is 0 Å². The maximum Gasteiger partial charge on any atom is 0.119 e. The molecule has 1 aromatic carbocycles. The molecule has 2 nitrogen and oxygen atoms in total. The van der Waals surface area contributed by atoms with Crippen molar-refractivity contribution in [2.24, 2.45) is 5.73 Å². The van der Waals surface area contributed by atoms with Gasteiger partial charge in [0.1, 0.15) is 11.9 Å². The lowest BCUT2D eigenvalue weighted by molar-refractivity contribution is 0.163. The van der Waals surface area contributed by atoms with Gasteiger partial charge in [-0.05, 0) is 43.4 Å². The molecule has 0 aromatic heterocycles. The van der Waals surface area contributed by atoms with Gasteiger partial charge in [-0.2, -0.15) is 0 Å². The number of ether oxygens (including phenoxy) is 1. The topological polar surface area (TPSA) is 35.2 Å². The van der Waals surface area contributed by atoms with Crippen molar-refractivity contribution in [1.29, 1.82) is 0 Å². The molecule has 0 radical (unpaired) electrons. The summed E-state index contributed by atoms with van der Waals surface area (Å²) in [6.07, 6.45) is 8.50. The molecule has 1 aromatic rings. The van der Waals surface area contributed by atoms with Gasteiger partial charge in [0, 0.05) is 6.04 Å². The van der Waals surface area contributed by atoms with Gasteiger partial charge in [-0.25, -0.2) is 0 Å². The summed E-state index contributed by atoms with van der Waals surface area (Å²) in [6.45, 7) is 2.20. The molecular weight excluding hydrogens is 222 g/mol. The van der Waals surface area contributed by atoms with Gasteiger partial charge in [-0.1, -0.05) is 38.3 Å². The molecule has 0 aliphatic heterocycles. The number of hydrogen-bond acceptors (Lipinski definition) is 2. The van der Waals surface area contributed by atoms with Gasteiger partial charge in [-0.15, -0.1) is 0 Å². The summed E-state index contributed by atoms with van der Waals surface area (Å²) in [5, 5.41) is 0. The van der Waals surface area contributed by atoms with E-state index in [0.717, 1.165) is 25.0 Å². The SMILES string of the molecule is CCCc1ccc(OC2CCCCCC2N)cc1. The Kier molecular flexibility index (Phi) is 5.06. The first-order chi connectivity index (χ1) is 8.79. The summed E-state index contributed by atoms with van der Waals surface area (Å²) in [5.41, 5.74) is 7.56. The number of benzene rings is 1. The van der Waals surface area contributed by atoms with Crippen LogP contribution in [0.2, 0.25) is 0 Å². The second-order valence-corrected chi connectivity index (χ2v) is 5.35. The first kappa shape index (κ1) is 13.4. The molecule has 2 N–H and O–H groups in total. The highest BCUT2D eigenvalue weighted by atomic mass is 16.5. The molecule has 1 saturated carbocycles. The molecule has 0 spiro atoms. The molecule has 2 rings (SSSR count). The van der Waals surface area contributed by atoms with Crippen LogP contribution >= 0.6 is 0 Å². The maximum atomic E-state index is 6.18. The number of hydrogen-bond donors (Lipinski definition) is 1. The molecule has 2 heteroatoms. The predicted molar refractivity (Wildman–Crippen MR) is 75.9 cm³/mol. The summed E-state index contributed by atoms with van der Waals surface area (Å²) in [4.78, 5) is 0. The zero-order valence-corrected chi connectivity index (χ0v) is 11.4. The third-order valence-electron chi connectivity index (χ3n) is 3.75. The van der Waals surface area contributed by atoms with Crippen molar-refractivity contribution >= 4 is 0 Å². The average Bonchev–Trinajstić information content (AvgIpc) is 2.58. The fraction of sp³-hybridized carbons (Fsp3) is 0.625. The zero-order valence-electron chi connectivity index (χ0n) is 11.4. The van der Waals surface area contributed by atoms with Crippen molar-refractivity contribution in [3.63, 3.8) is 0 Å². The largest absolute Gasteiger partial charge is 0.489 e. The maximum absolute atomic E-state index is 6.18. The molecule has 2 atom stereocenters. The normalized spacial score (nSPS) is 24.6. The Labute approximate surface area is 111 Å². The van der Waals surface area contributed by atoms with Crippen molar-refractivity contribution in [3.8, 4) is 5.75 Å². The molecular formula is C16H25NO. The fourth-order valence-electron chi connectivity index (χ4n) is 2.65. The molecule has 2 unspecified atom stereocenters. The van der Waals surface area contributed by atoms with Gasteiger partial charge in [-0.3, -0.25) is 0 Å². The minimum absolute atomic E-state index is 0.197. The fourth-order valence-corrected chi connectivity index (χ4v) is 2.65. The molecule has 1 aliphatic carbocycles. The Morgan fingerprint density at radius 1 is 1.11 bits per heavy atom. The number of aryl methyl sites for hydroxylation is 1. The van der Waals surface area contributed by atoms with E-state index in [1.807, 2.05) is 0 Å². The Bertz CT molecular complexity index is 347. The van der Waals surface area contributed by atoms with Crippen LogP contribution in [0.1, 0.15) is 51.0 Å². The Hall–Kier alpha value is -1.02. The molecule has 0 amide bonds. The summed E-state index contributed by atoms with van der Waals surface area (Å²) < 4.78 is 6.06. The monoisotopic (exact) mass is 247 g/mol. The average molecular weight is 247 g/mol. The van der Waals surface area contributed by atoms with E-state index in [-0.39, 0.29) is 12.1 Å². The van der Waals surface area contributed by atoms with Crippen LogP contribution in [0.4, 0.5) is 0 Å². The van der Waals surface area contributed by atoms with Crippen molar-refractivity contribution in [2.75, 3.05) is 0 Å². The van der Waals surface area contributed by atoms with E-state index in [1.165, 1.54) is 31.2 Å². The molecule has 0 saturated heterocycles. The highest BCUT2D eigenvalue weighted by Gasteiger charge is 2.21. The predicted octanol–water partition coefficient (Wildman–Crippen LogP) is 3.68. The molecule has 18 heavy (non-hydrogen) atoms. The van der Waals surface area contributed by atoms with Gasteiger partial charge in [0.25, 0.3) is 0 Å². The molecule has 0 bridgehead atoms. The molecule has 100 valence electrons. The molecule has 0 heterocycles. The van der Waals surface area contributed by atoms with Gasteiger partial charge in [0.05, 0.1) is 0 Å². The van der Waals surface area contributed by atoms with Gasteiger partial charge in [0.2, 0.25) is 0 Å². The number of nitrogens with two attached hydrogens (primary N) is 1. The highest BCUT2D eigenvalue weighted by molar-refractivity contribution is 5.27. The van der Waals surface area contributed by atoms with Crippen LogP contribution in [-0.2, 0) is 6.42 Å². The van der Waals surface area contributed by atoms with Gasteiger partial charge < -0.3 is 10.5 Å². The minimum Gasteiger partial charge on any atom is -0.489 e. The first-order valence-corrected chi connectivity index (χ1v) is 7.31. The van der Waals surface area contributed by atoms with E-state index in [1.54, 1.807) is 0 Å². The van der Waals surface area contributed by atoms with Crippen LogP contribution in [-0.4, -0.2) is 12.1 Å².